The molecule has 1 aliphatic heterocycles. The van der Waals surface area contributed by atoms with Crippen molar-refractivity contribution in [2.45, 2.75) is 18.9 Å². The van der Waals surface area contributed by atoms with E-state index in [9.17, 15) is 0 Å². The smallest absolute Gasteiger partial charge is 0.104 e. The van der Waals surface area contributed by atoms with Gasteiger partial charge in [-0.3, -0.25) is 9.67 Å². The second-order valence-electron chi connectivity index (χ2n) is 7.39. The number of nitrogens with zero attached hydrogens (tertiary/aromatic N) is 5. The van der Waals surface area contributed by atoms with E-state index in [-0.39, 0.29) is 0 Å². The molecule has 1 fully saturated rings. The molecule has 0 unspecified atom stereocenters. The highest BCUT2D eigenvalue weighted by Crippen LogP contribution is 2.29. The molecule has 1 aliphatic rings. The zero-order valence-electron chi connectivity index (χ0n) is 15.9. The maximum atomic E-state index is 5.93. The molecule has 2 N–H and O–H groups in total. The van der Waals surface area contributed by atoms with Crippen LogP contribution in [0.1, 0.15) is 18.9 Å². The first-order valence-electron chi connectivity index (χ1n) is 9.74. The Kier molecular flexibility index (Phi) is 4.67. The molecule has 0 atom stereocenters. The Bertz CT molecular complexity index is 1160. The summed E-state index contributed by atoms with van der Waals surface area (Å²) in [5, 5.41) is 4.63. The lowest BCUT2D eigenvalue weighted by Gasteiger charge is -2.33. The van der Waals surface area contributed by atoms with Gasteiger partial charge in [0.25, 0.3) is 0 Å². The largest absolute Gasteiger partial charge is 0.399 e. The Morgan fingerprint density at radius 1 is 1.03 bits per heavy atom. The lowest BCUT2D eigenvalue weighted by atomic mass is 10.0. The Labute approximate surface area is 177 Å². The number of nitrogens with two attached hydrogens (primary N) is 1. The van der Waals surface area contributed by atoms with Crippen LogP contribution in [0.3, 0.4) is 0 Å². The number of halogens is 1. The highest BCUT2D eigenvalue weighted by Gasteiger charge is 2.22. The highest BCUT2D eigenvalue weighted by molar-refractivity contribution is 9.10. The number of hydrogen-bond acceptors (Lipinski definition) is 5. The highest BCUT2D eigenvalue weighted by atomic mass is 79.9. The molecule has 0 bridgehead atoms. The van der Waals surface area contributed by atoms with E-state index in [2.05, 4.69) is 47.9 Å². The first kappa shape index (κ1) is 18.1. The standard InChI is InChI=1S/C22H21BrN6/c23-19-5-2-6-20-22(19)27-21(13-25-20)15-12-26-29(14-15)17-7-9-28(10-8-17)18-4-1-3-16(24)11-18/h1-6,11-14,17H,7-10,24H2. The number of para-hydroxylation sites is 1. The number of anilines is 2. The lowest BCUT2D eigenvalue weighted by molar-refractivity contribution is 0.367. The van der Waals surface area contributed by atoms with E-state index >= 15 is 0 Å². The van der Waals surface area contributed by atoms with E-state index in [0.29, 0.717) is 6.04 Å². The van der Waals surface area contributed by atoms with Gasteiger partial charge in [-0.2, -0.15) is 5.10 Å². The second kappa shape index (κ2) is 7.48. The second-order valence-corrected chi connectivity index (χ2v) is 8.24. The lowest BCUT2D eigenvalue weighted by Crippen LogP contribution is -2.34. The summed E-state index contributed by atoms with van der Waals surface area (Å²) in [7, 11) is 0. The number of fused-ring (bicyclic) bond motifs is 1. The minimum Gasteiger partial charge on any atom is -0.399 e. The monoisotopic (exact) mass is 448 g/mol. The molecule has 2 aromatic heterocycles. The molecule has 2 aromatic carbocycles. The third kappa shape index (κ3) is 3.58. The van der Waals surface area contributed by atoms with Gasteiger partial charge in [0.05, 0.1) is 29.6 Å². The van der Waals surface area contributed by atoms with E-state index in [0.717, 1.165) is 58.4 Å². The molecule has 4 aromatic rings. The van der Waals surface area contributed by atoms with Crippen molar-refractivity contribution in [3.05, 3.63) is 65.5 Å². The fourth-order valence-corrected chi connectivity index (χ4v) is 4.36. The SMILES string of the molecule is Nc1cccc(N2CCC(n3cc(-c4cnc5cccc(Br)c5n4)cn3)CC2)c1. The van der Waals surface area contributed by atoms with Crippen LogP contribution in [-0.2, 0) is 0 Å². The zero-order valence-corrected chi connectivity index (χ0v) is 17.5. The van der Waals surface area contributed by atoms with Crippen LogP contribution in [0.25, 0.3) is 22.3 Å². The predicted molar refractivity (Wildman–Crippen MR) is 120 cm³/mol. The minimum atomic E-state index is 0.390. The molecule has 0 radical (unpaired) electrons. The third-order valence-corrected chi connectivity index (χ3v) is 6.13. The van der Waals surface area contributed by atoms with Gasteiger partial charge in [-0.25, -0.2) is 4.98 Å². The van der Waals surface area contributed by atoms with Crippen LogP contribution in [0.15, 0.2) is 65.5 Å². The Morgan fingerprint density at radius 3 is 2.69 bits per heavy atom. The normalized spacial score (nSPS) is 15.1. The number of piperidine rings is 1. The average molecular weight is 449 g/mol. The molecule has 29 heavy (non-hydrogen) atoms. The molecule has 7 heteroatoms. The minimum absolute atomic E-state index is 0.390. The van der Waals surface area contributed by atoms with Gasteiger partial charge in [0, 0.05) is 40.7 Å². The first-order valence-corrected chi connectivity index (χ1v) is 10.5. The molecule has 3 heterocycles. The van der Waals surface area contributed by atoms with Gasteiger partial charge in [-0.1, -0.05) is 12.1 Å². The quantitative estimate of drug-likeness (QED) is 0.460. The van der Waals surface area contributed by atoms with E-state index in [4.69, 9.17) is 10.7 Å². The van der Waals surface area contributed by atoms with E-state index in [1.807, 2.05) is 48.8 Å². The summed E-state index contributed by atoms with van der Waals surface area (Å²) >= 11 is 3.56. The van der Waals surface area contributed by atoms with Gasteiger partial charge >= 0.3 is 0 Å². The van der Waals surface area contributed by atoms with Crippen LogP contribution < -0.4 is 10.6 Å². The van der Waals surface area contributed by atoms with Crippen LogP contribution in [-0.4, -0.2) is 32.8 Å². The van der Waals surface area contributed by atoms with Crippen LogP contribution in [0.2, 0.25) is 0 Å². The van der Waals surface area contributed by atoms with E-state index in [1.165, 1.54) is 5.69 Å². The summed E-state index contributed by atoms with van der Waals surface area (Å²) < 4.78 is 3.03. The van der Waals surface area contributed by atoms with Gasteiger partial charge in [0.15, 0.2) is 0 Å². The van der Waals surface area contributed by atoms with Crippen LogP contribution in [0, 0.1) is 0 Å². The van der Waals surface area contributed by atoms with Crippen molar-refractivity contribution >= 4 is 38.3 Å². The molecule has 0 amide bonds. The summed E-state index contributed by atoms with van der Waals surface area (Å²) in [5.41, 5.74) is 11.5. The fraction of sp³-hybridized carbons (Fsp3) is 0.227. The zero-order chi connectivity index (χ0) is 19.8. The molecule has 0 aliphatic carbocycles. The maximum Gasteiger partial charge on any atom is 0.104 e. The topological polar surface area (TPSA) is 72.9 Å². The third-order valence-electron chi connectivity index (χ3n) is 5.49. The van der Waals surface area contributed by atoms with E-state index < -0.39 is 0 Å². The first-order chi connectivity index (χ1) is 14.2. The van der Waals surface area contributed by atoms with Gasteiger partial charge in [-0.05, 0) is 59.1 Å². The van der Waals surface area contributed by atoms with Crippen LogP contribution in [0.4, 0.5) is 11.4 Å². The molecule has 0 spiro atoms. The molecular weight excluding hydrogens is 428 g/mol. The molecule has 1 saturated heterocycles. The molecule has 146 valence electrons. The summed E-state index contributed by atoms with van der Waals surface area (Å²) in [6, 6.07) is 14.4. The van der Waals surface area contributed by atoms with Crippen LogP contribution >= 0.6 is 15.9 Å². The predicted octanol–water partition coefficient (Wildman–Crippen LogP) is 4.68. The molecule has 5 rings (SSSR count). The van der Waals surface area contributed by atoms with Crippen molar-refractivity contribution in [3.8, 4) is 11.3 Å². The Hall–Kier alpha value is -2.93. The molecular formula is C22H21BrN6. The van der Waals surface area contributed by atoms with Crippen molar-refractivity contribution in [1.29, 1.82) is 0 Å². The summed E-state index contributed by atoms with van der Waals surface area (Å²) in [6.07, 6.45) is 7.89. The molecule has 6 nitrogen and oxygen atoms in total. The summed E-state index contributed by atoms with van der Waals surface area (Å²) in [6.45, 7) is 1.98. The number of hydrogen-bond donors (Lipinski definition) is 1. The van der Waals surface area contributed by atoms with Gasteiger partial charge in [0.2, 0.25) is 0 Å². The van der Waals surface area contributed by atoms with Crippen LogP contribution in [0.5, 0.6) is 0 Å². The Balaban J connectivity index is 1.33. The number of benzene rings is 2. The van der Waals surface area contributed by atoms with E-state index in [1.54, 1.807) is 0 Å². The van der Waals surface area contributed by atoms with Gasteiger partial charge < -0.3 is 10.6 Å². The Morgan fingerprint density at radius 2 is 1.86 bits per heavy atom. The summed E-state index contributed by atoms with van der Waals surface area (Å²) in [4.78, 5) is 11.7. The average Bonchev–Trinajstić information content (AvgIpc) is 3.24. The number of rotatable bonds is 3. The van der Waals surface area contributed by atoms with Crippen molar-refractivity contribution in [3.63, 3.8) is 0 Å². The number of nitrogen functional groups attached to an aromatic ring is 1. The fourth-order valence-electron chi connectivity index (χ4n) is 3.92. The number of aromatic nitrogens is 4. The van der Waals surface area contributed by atoms with Crippen molar-refractivity contribution in [1.82, 2.24) is 19.7 Å². The van der Waals surface area contributed by atoms with Crippen molar-refractivity contribution < 1.29 is 0 Å². The van der Waals surface area contributed by atoms with Gasteiger partial charge in [-0.15, -0.1) is 0 Å². The molecule has 0 saturated carbocycles. The van der Waals surface area contributed by atoms with Crippen molar-refractivity contribution in [2.75, 3.05) is 23.7 Å². The van der Waals surface area contributed by atoms with Gasteiger partial charge in [0.1, 0.15) is 5.52 Å². The summed E-state index contributed by atoms with van der Waals surface area (Å²) in [5.74, 6) is 0. The maximum absolute atomic E-state index is 5.93. The van der Waals surface area contributed by atoms with Crippen molar-refractivity contribution in [2.24, 2.45) is 0 Å².